The van der Waals surface area contributed by atoms with Crippen LogP contribution in [0.25, 0.3) is 5.69 Å². The Balaban J connectivity index is 1.38. The largest absolute Gasteiger partial charge is 0.325 e. The Labute approximate surface area is 184 Å². The first-order valence-corrected chi connectivity index (χ1v) is 10.6. The van der Waals surface area contributed by atoms with E-state index in [9.17, 15) is 14.4 Å². The Morgan fingerprint density at radius 1 is 1.09 bits per heavy atom. The summed E-state index contributed by atoms with van der Waals surface area (Å²) in [6.45, 7) is 1.33. The molecule has 2 aliphatic rings. The lowest BCUT2D eigenvalue weighted by atomic mass is 9.89. The third-order valence-corrected chi connectivity index (χ3v) is 6.28. The molecule has 1 saturated heterocycles. The van der Waals surface area contributed by atoms with Crippen molar-refractivity contribution in [3.05, 3.63) is 71.0 Å². The maximum atomic E-state index is 13.3. The molecule has 32 heavy (non-hydrogen) atoms. The minimum atomic E-state index is -1.29. The fraction of sp³-hybridized carbons (Fsp3) is 0.304. The second-order valence-corrected chi connectivity index (χ2v) is 8.36. The number of hydrogen-bond donors (Lipinski definition) is 1. The van der Waals surface area contributed by atoms with Gasteiger partial charge in [-0.3, -0.25) is 14.5 Å². The molecule has 9 heteroatoms. The predicted octanol–water partition coefficient (Wildman–Crippen LogP) is 2.19. The van der Waals surface area contributed by atoms with Gasteiger partial charge in [0.2, 0.25) is 0 Å². The van der Waals surface area contributed by atoms with Crippen LogP contribution in [-0.2, 0) is 23.2 Å². The lowest BCUT2D eigenvalue weighted by molar-refractivity contribution is -0.130. The van der Waals surface area contributed by atoms with Crippen molar-refractivity contribution >= 4 is 17.7 Å². The molecule has 1 aliphatic carbocycles. The minimum absolute atomic E-state index is 0.256. The Hall–Kier alpha value is -3.88. The van der Waals surface area contributed by atoms with E-state index in [0.717, 1.165) is 30.6 Å². The Morgan fingerprint density at radius 3 is 2.69 bits per heavy atom. The van der Waals surface area contributed by atoms with Gasteiger partial charge in [-0.05, 0) is 77.9 Å². The van der Waals surface area contributed by atoms with Crippen LogP contribution in [0.1, 0.15) is 46.8 Å². The topological polar surface area (TPSA) is 110 Å². The molecule has 5 rings (SSSR count). The van der Waals surface area contributed by atoms with Gasteiger partial charge in [0.25, 0.3) is 5.91 Å². The smallest absolute Gasteiger partial charge is 0.319 e. The van der Waals surface area contributed by atoms with E-state index < -0.39 is 17.5 Å². The van der Waals surface area contributed by atoms with Crippen LogP contribution in [0.3, 0.4) is 0 Å². The number of urea groups is 1. The average molecular weight is 430 g/mol. The molecule has 162 valence electrons. The standard InChI is InChI=1S/C23H22N6O3/c1-23(18-7-4-8-19(12-18)29-14-24-26-27-29)21(31)28(22(32)25-23)13-20(30)17-10-9-15-5-2-3-6-16(15)11-17/h4,7-12,14H,2-3,5-6,13H2,1H3,(H,25,32)/t23-/m1/s1. The van der Waals surface area contributed by atoms with Gasteiger partial charge in [-0.1, -0.05) is 24.3 Å². The third-order valence-electron chi connectivity index (χ3n) is 6.28. The molecule has 0 bridgehead atoms. The van der Waals surface area contributed by atoms with Gasteiger partial charge in [-0.15, -0.1) is 5.10 Å². The van der Waals surface area contributed by atoms with E-state index in [1.54, 1.807) is 37.3 Å². The monoisotopic (exact) mass is 430 g/mol. The van der Waals surface area contributed by atoms with Crippen LogP contribution in [0.15, 0.2) is 48.8 Å². The molecule has 0 spiro atoms. The van der Waals surface area contributed by atoms with E-state index in [0.29, 0.717) is 16.8 Å². The molecule has 1 fully saturated rings. The van der Waals surface area contributed by atoms with E-state index in [1.807, 2.05) is 12.1 Å². The summed E-state index contributed by atoms with van der Waals surface area (Å²) >= 11 is 0. The third kappa shape index (κ3) is 3.35. The van der Waals surface area contributed by atoms with Gasteiger partial charge in [0, 0.05) is 5.56 Å². The van der Waals surface area contributed by atoms with Gasteiger partial charge < -0.3 is 5.32 Å². The first kappa shape index (κ1) is 20.0. The van der Waals surface area contributed by atoms with Gasteiger partial charge in [0.15, 0.2) is 5.78 Å². The number of nitrogens with zero attached hydrogens (tertiary/aromatic N) is 5. The summed E-state index contributed by atoms with van der Waals surface area (Å²) in [7, 11) is 0. The van der Waals surface area contributed by atoms with Gasteiger partial charge in [-0.2, -0.15) is 0 Å². The van der Waals surface area contributed by atoms with Crippen LogP contribution in [-0.4, -0.2) is 49.4 Å². The number of fused-ring (bicyclic) bond motifs is 1. The lowest BCUT2D eigenvalue weighted by Crippen LogP contribution is -2.41. The number of carbonyl (C=O) groups excluding carboxylic acids is 3. The van der Waals surface area contributed by atoms with Gasteiger partial charge in [-0.25, -0.2) is 9.48 Å². The van der Waals surface area contributed by atoms with Crippen molar-refractivity contribution in [2.45, 2.75) is 38.1 Å². The number of tetrazole rings is 1. The molecular formula is C23H22N6O3. The number of carbonyl (C=O) groups is 3. The minimum Gasteiger partial charge on any atom is -0.319 e. The van der Waals surface area contributed by atoms with E-state index in [2.05, 4.69) is 20.8 Å². The number of aromatic nitrogens is 4. The molecular weight excluding hydrogens is 408 g/mol. The number of imide groups is 1. The van der Waals surface area contributed by atoms with E-state index in [4.69, 9.17) is 0 Å². The normalized spacial score (nSPS) is 20.2. The SMILES string of the molecule is C[C@]1(c2cccc(-n3cnnn3)c2)NC(=O)N(CC(=O)c2ccc3c(c2)CCCC3)C1=O. The lowest BCUT2D eigenvalue weighted by Gasteiger charge is -2.22. The summed E-state index contributed by atoms with van der Waals surface area (Å²) in [5.74, 6) is -0.726. The number of amides is 3. The number of ketones is 1. The average Bonchev–Trinajstić information content (AvgIpc) is 3.43. The molecule has 1 aliphatic heterocycles. The molecule has 1 N–H and O–H groups in total. The molecule has 2 heterocycles. The van der Waals surface area contributed by atoms with Crippen molar-refractivity contribution < 1.29 is 14.4 Å². The highest BCUT2D eigenvalue weighted by Crippen LogP contribution is 2.30. The number of aryl methyl sites for hydroxylation is 2. The zero-order chi connectivity index (χ0) is 22.3. The highest BCUT2D eigenvalue weighted by molar-refractivity contribution is 6.11. The van der Waals surface area contributed by atoms with Crippen molar-refractivity contribution in [2.24, 2.45) is 0 Å². The van der Waals surface area contributed by atoms with Crippen molar-refractivity contribution in [1.29, 1.82) is 0 Å². The summed E-state index contributed by atoms with van der Waals surface area (Å²) in [6.07, 6.45) is 5.70. The molecule has 2 aromatic carbocycles. The second-order valence-electron chi connectivity index (χ2n) is 8.36. The van der Waals surface area contributed by atoms with Gasteiger partial charge in [0.05, 0.1) is 12.2 Å². The molecule has 0 unspecified atom stereocenters. The number of benzene rings is 2. The molecule has 1 atom stereocenters. The van der Waals surface area contributed by atoms with E-state index in [1.165, 1.54) is 22.1 Å². The summed E-state index contributed by atoms with van der Waals surface area (Å²) < 4.78 is 1.46. The number of nitrogens with one attached hydrogen (secondary N) is 1. The molecule has 0 saturated carbocycles. The molecule has 9 nitrogen and oxygen atoms in total. The Kier molecular flexibility index (Phi) is 4.80. The van der Waals surface area contributed by atoms with Crippen LogP contribution < -0.4 is 5.32 Å². The zero-order valence-electron chi connectivity index (χ0n) is 17.6. The van der Waals surface area contributed by atoms with Gasteiger partial charge >= 0.3 is 6.03 Å². The first-order chi connectivity index (χ1) is 15.5. The molecule has 3 aromatic rings. The first-order valence-electron chi connectivity index (χ1n) is 10.6. The van der Waals surface area contributed by atoms with Gasteiger partial charge in [0.1, 0.15) is 11.9 Å². The Bertz CT molecular complexity index is 1220. The van der Waals surface area contributed by atoms with Crippen LogP contribution in [0.4, 0.5) is 4.79 Å². The second kappa shape index (κ2) is 7.67. The Morgan fingerprint density at radius 2 is 1.91 bits per heavy atom. The zero-order valence-corrected chi connectivity index (χ0v) is 17.6. The van der Waals surface area contributed by atoms with Crippen molar-refractivity contribution in [3.8, 4) is 5.69 Å². The van der Waals surface area contributed by atoms with Crippen LogP contribution >= 0.6 is 0 Å². The van der Waals surface area contributed by atoms with Crippen molar-refractivity contribution in [2.75, 3.05) is 6.54 Å². The van der Waals surface area contributed by atoms with E-state index in [-0.39, 0.29) is 12.3 Å². The summed E-state index contributed by atoms with van der Waals surface area (Å²) in [4.78, 5) is 39.9. The highest BCUT2D eigenvalue weighted by atomic mass is 16.2. The summed E-state index contributed by atoms with van der Waals surface area (Å²) in [5, 5.41) is 13.8. The fourth-order valence-corrected chi connectivity index (χ4v) is 4.42. The number of hydrogen-bond acceptors (Lipinski definition) is 6. The van der Waals surface area contributed by atoms with Crippen molar-refractivity contribution in [1.82, 2.24) is 30.4 Å². The number of rotatable bonds is 5. The molecule has 1 aromatic heterocycles. The van der Waals surface area contributed by atoms with Crippen LogP contribution in [0.5, 0.6) is 0 Å². The quantitative estimate of drug-likeness (QED) is 0.491. The number of Topliss-reactive ketones (excluding diaryl/α,β-unsaturated/α-hetero) is 1. The van der Waals surface area contributed by atoms with Crippen LogP contribution in [0.2, 0.25) is 0 Å². The maximum absolute atomic E-state index is 13.3. The maximum Gasteiger partial charge on any atom is 0.325 e. The highest BCUT2D eigenvalue weighted by Gasteiger charge is 2.49. The molecule has 0 radical (unpaired) electrons. The predicted molar refractivity (Wildman–Crippen MR) is 114 cm³/mol. The fourth-order valence-electron chi connectivity index (χ4n) is 4.42. The van der Waals surface area contributed by atoms with E-state index >= 15 is 0 Å². The van der Waals surface area contributed by atoms with Crippen LogP contribution in [0, 0.1) is 0 Å². The van der Waals surface area contributed by atoms with Crippen molar-refractivity contribution in [3.63, 3.8) is 0 Å². The summed E-state index contributed by atoms with van der Waals surface area (Å²) in [6, 6.07) is 12.1. The summed E-state index contributed by atoms with van der Waals surface area (Å²) in [5.41, 5.74) is 2.92. The molecule has 3 amide bonds.